The van der Waals surface area contributed by atoms with Crippen molar-refractivity contribution >= 4 is 46.6 Å². The van der Waals surface area contributed by atoms with Crippen molar-refractivity contribution in [2.24, 2.45) is 19.2 Å². The Bertz CT molecular complexity index is 1420. The Balaban J connectivity index is 1.40. The first-order valence-electron chi connectivity index (χ1n) is 10.6. The Morgan fingerprint density at radius 2 is 1.88 bits per heavy atom. The molecule has 34 heavy (non-hydrogen) atoms. The summed E-state index contributed by atoms with van der Waals surface area (Å²) in [5.74, 6) is 0.695. The second kappa shape index (κ2) is 9.36. The van der Waals surface area contributed by atoms with Crippen molar-refractivity contribution in [3.63, 3.8) is 0 Å². The molecule has 0 amide bonds. The maximum Gasteiger partial charge on any atom is 0.135 e. The van der Waals surface area contributed by atoms with Gasteiger partial charge in [-0.3, -0.25) is 19.8 Å². The van der Waals surface area contributed by atoms with Gasteiger partial charge in [0.1, 0.15) is 6.17 Å². The molecule has 1 N–H and O–H groups in total. The highest BCUT2D eigenvalue weighted by Crippen LogP contribution is 2.35. The minimum Gasteiger partial charge on any atom is -0.343 e. The number of aryl methyl sites for hydroxylation is 2. The van der Waals surface area contributed by atoms with Crippen molar-refractivity contribution in [1.82, 2.24) is 34.9 Å². The van der Waals surface area contributed by atoms with E-state index in [-0.39, 0.29) is 6.17 Å². The number of fused-ring (bicyclic) bond motifs is 1. The summed E-state index contributed by atoms with van der Waals surface area (Å²) >= 11 is 8.52. The predicted octanol–water partition coefficient (Wildman–Crippen LogP) is 4.52. The molecule has 0 aliphatic carbocycles. The molecule has 1 aliphatic rings. The minimum absolute atomic E-state index is 0.0895. The summed E-state index contributed by atoms with van der Waals surface area (Å²) in [6, 6.07) is 6.17. The molecule has 3 aromatic heterocycles. The van der Waals surface area contributed by atoms with Gasteiger partial charge < -0.3 is 4.90 Å². The Morgan fingerprint density at radius 1 is 1.12 bits per heavy atom. The lowest BCUT2D eigenvalue weighted by molar-refractivity contribution is 0.321. The van der Waals surface area contributed by atoms with Crippen LogP contribution < -0.4 is 5.43 Å². The van der Waals surface area contributed by atoms with E-state index in [0.717, 1.165) is 38.1 Å². The van der Waals surface area contributed by atoms with E-state index in [1.165, 1.54) is 0 Å². The summed E-state index contributed by atoms with van der Waals surface area (Å²) in [5.41, 5.74) is 7.87. The molecular formula is C24H23ClN8S. The third kappa shape index (κ3) is 4.44. The zero-order chi connectivity index (χ0) is 23.7. The van der Waals surface area contributed by atoms with Gasteiger partial charge in [0.25, 0.3) is 0 Å². The van der Waals surface area contributed by atoms with E-state index in [1.807, 2.05) is 38.8 Å². The Kier molecular flexibility index (Phi) is 6.12. The summed E-state index contributed by atoms with van der Waals surface area (Å²) in [6.45, 7) is 3.58. The smallest absolute Gasteiger partial charge is 0.135 e. The van der Waals surface area contributed by atoms with E-state index in [9.17, 15) is 0 Å². The average molecular weight is 491 g/mol. The van der Waals surface area contributed by atoms with Crippen LogP contribution in [0.2, 0.25) is 5.02 Å². The molecule has 4 heterocycles. The molecular weight excluding hydrogens is 468 g/mol. The van der Waals surface area contributed by atoms with Crippen LogP contribution in [0.25, 0.3) is 27.6 Å². The second-order valence-electron chi connectivity index (χ2n) is 7.93. The third-order valence-corrected chi connectivity index (χ3v) is 6.97. The highest BCUT2D eigenvalue weighted by Gasteiger charge is 2.18. The lowest BCUT2D eigenvalue weighted by Gasteiger charge is -2.31. The Hall–Kier alpha value is -3.56. The zero-order valence-electron chi connectivity index (χ0n) is 18.8. The molecule has 0 spiro atoms. The maximum atomic E-state index is 6.81. The number of hydrogen-bond donors (Lipinski definition) is 1. The molecule has 5 rings (SSSR count). The summed E-state index contributed by atoms with van der Waals surface area (Å²) in [4.78, 5) is 7.88. The number of nitrogens with zero attached hydrogens (tertiary/aromatic N) is 7. The number of nitrogens with one attached hydrogen (secondary N) is 1. The quantitative estimate of drug-likeness (QED) is 0.233. The van der Waals surface area contributed by atoms with E-state index in [0.29, 0.717) is 10.9 Å². The fourth-order valence-electron chi connectivity index (χ4n) is 3.82. The number of thioether (sulfide) groups is 1. The van der Waals surface area contributed by atoms with Crippen LogP contribution in [0.15, 0.2) is 77.5 Å². The largest absolute Gasteiger partial charge is 0.343 e. The van der Waals surface area contributed by atoms with Crippen LogP contribution in [0.1, 0.15) is 5.56 Å². The Labute approximate surface area is 206 Å². The molecule has 8 nitrogen and oxygen atoms in total. The van der Waals surface area contributed by atoms with Crippen molar-refractivity contribution < 1.29 is 0 Å². The van der Waals surface area contributed by atoms with Gasteiger partial charge in [0.2, 0.25) is 0 Å². The van der Waals surface area contributed by atoms with E-state index >= 15 is 0 Å². The van der Waals surface area contributed by atoms with Crippen molar-refractivity contribution in [3.8, 4) is 11.1 Å². The molecule has 0 saturated carbocycles. The van der Waals surface area contributed by atoms with Crippen LogP contribution in [0, 0.1) is 0 Å². The molecule has 1 atom stereocenters. The fourth-order valence-corrected chi connectivity index (χ4v) is 5.02. The van der Waals surface area contributed by atoms with Gasteiger partial charge in [-0.2, -0.15) is 15.3 Å². The predicted molar refractivity (Wildman–Crippen MR) is 138 cm³/mol. The first kappa shape index (κ1) is 22.2. The number of benzene rings is 1. The van der Waals surface area contributed by atoms with Crippen molar-refractivity contribution in [2.45, 2.75) is 11.1 Å². The average Bonchev–Trinajstić information content (AvgIpc) is 3.47. The monoisotopic (exact) mass is 490 g/mol. The SMILES string of the molecule is C=NNC1C=CC(c2cnn(C)c2)=CN1CSc1ccc2ncc(-c3cnn(C)c3)c(Cl)c2c1. The van der Waals surface area contributed by atoms with E-state index in [1.54, 1.807) is 33.5 Å². The topological polar surface area (TPSA) is 76.2 Å². The number of aromatic nitrogens is 5. The molecule has 1 aliphatic heterocycles. The second-order valence-corrected chi connectivity index (χ2v) is 9.33. The zero-order valence-corrected chi connectivity index (χ0v) is 20.3. The maximum absolute atomic E-state index is 6.81. The Morgan fingerprint density at radius 3 is 2.59 bits per heavy atom. The molecule has 172 valence electrons. The molecule has 0 bridgehead atoms. The van der Waals surface area contributed by atoms with E-state index in [4.69, 9.17) is 11.6 Å². The van der Waals surface area contributed by atoms with E-state index in [2.05, 4.69) is 67.8 Å². The van der Waals surface area contributed by atoms with Gasteiger partial charge in [-0.1, -0.05) is 17.7 Å². The van der Waals surface area contributed by atoms with Gasteiger partial charge in [-0.05, 0) is 24.3 Å². The number of hydrogen-bond acceptors (Lipinski definition) is 7. The number of allylic oxidation sites excluding steroid dienone is 2. The van der Waals surface area contributed by atoms with Crippen LogP contribution in [-0.2, 0) is 14.1 Å². The third-order valence-electron chi connectivity index (χ3n) is 5.55. The number of hydrazone groups is 1. The lowest BCUT2D eigenvalue weighted by Crippen LogP contribution is -2.40. The summed E-state index contributed by atoms with van der Waals surface area (Å²) in [5, 5.41) is 14.0. The fraction of sp³-hybridized carbons (Fsp3) is 0.167. The lowest BCUT2D eigenvalue weighted by atomic mass is 10.1. The van der Waals surface area contributed by atoms with Crippen LogP contribution in [0.5, 0.6) is 0 Å². The molecule has 1 aromatic carbocycles. The normalized spacial score (nSPS) is 15.6. The van der Waals surface area contributed by atoms with Gasteiger partial charge in [-0.25, -0.2) is 0 Å². The van der Waals surface area contributed by atoms with Crippen LogP contribution in [0.4, 0.5) is 0 Å². The number of pyridine rings is 1. The number of halogens is 1. The highest BCUT2D eigenvalue weighted by molar-refractivity contribution is 7.99. The van der Waals surface area contributed by atoms with Crippen molar-refractivity contribution in [1.29, 1.82) is 0 Å². The van der Waals surface area contributed by atoms with Crippen LogP contribution in [-0.4, -0.2) is 48.2 Å². The van der Waals surface area contributed by atoms with Crippen LogP contribution >= 0.6 is 23.4 Å². The molecule has 1 unspecified atom stereocenters. The molecule has 10 heteroatoms. The first-order valence-corrected chi connectivity index (χ1v) is 11.9. The van der Waals surface area contributed by atoms with Gasteiger partial charge in [0.05, 0.1) is 28.8 Å². The summed E-state index contributed by atoms with van der Waals surface area (Å²) < 4.78 is 3.55. The van der Waals surface area contributed by atoms with Gasteiger partial charge >= 0.3 is 0 Å². The minimum atomic E-state index is -0.0895. The molecule has 0 fully saturated rings. The van der Waals surface area contributed by atoms with Gasteiger partial charge in [-0.15, -0.1) is 11.8 Å². The highest BCUT2D eigenvalue weighted by atomic mass is 35.5. The van der Waals surface area contributed by atoms with Crippen LogP contribution in [0.3, 0.4) is 0 Å². The summed E-state index contributed by atoms with van der Waals surface area (Å²) in [6.07, 6.45) is 15.6. The van der Waals surface area contributed by atoms with Crippen molar-refractivity contribution in [2.75, 3.05) is 5.88 Å². The van der Waals surface area contributed by atoms with Gasteiger partial charge in [0, 0.05) is 78.1 Å². The van der Waals surface area contributed by atoms with Crippen molar-refractivity contribution in [3.05, 3.63) is 78.1 Å². The molecule has 4 aromatic rings. The number of rotatable bonds is 7. The summed E-state index contributed by atoms with van der Waals surface area (Å²) in [7, 11) is 3.80. The molecule has 0 saturated heterocycles. The molecule has 0 radical (unpaired) electrons. The standard InChI is InChI=1S/C24H23ClN8S/c1-26-30-23-7-4-16(17-9-28-31(2)12-17)14-33(23)15-34-19-5-6-22-20(8-19)24(25)21(11-27-22)18-10-29-32(3)13-18/h4-14,23,30H,1,15H2,2-3H3. The first-order chi connectivity index (χ1) is 16.5. The van der Waals surface area contributed by atoms with E-state index < -0.39 is 0 Å². The van der Waals surface area contributed by atoms with Gasteiger partial charge in [0.15, 0.2) is 0 Å².